The van der Waals surface area contributed by atoms with Crippen LogP contribution < -0.4 is 5.32 Å². The lowest BCUT2D eigenvalue weighted by atomic mass is 10.1. The minimum atomic E-state index is -0.137. The van der Waals surface area contributed by atoms with Crippen molar-refractivity contribution in [1.29, 1.82) is 0 Å². The first-order valence-electron chi connectivity index (χ1n) is 5.52. The van der Waals surface area contributed by atoms with Crippen molar-refractivity contribution in [3.8, 4) is 0 Å². The average Bonchev–Trinajstić information content (AvgIpc) is 2.27. The molecule has 5 heteroatoms. The summed E-state index contributed by atoms with van der Waals surface area (Å²) in [5.41, 5.74) is 0.433. The maximum atomic E-state index is 12.0. The summed E-state index contributed by atoms with van der Waals surface area (Å²) in [4.78, 5) is 16.1. The van der Waals surface area contributed by atoms with Gasteiger partial charge in [0.05, 0.1) is 0 Å². The van der Waals surface area contributed by atoms with Crippen LogP contribution in [0.15, 0.2) is 22.8 Å². The molecule has 3 nitrogen and oxygen atoms in total. The summed E-state index contributed by atoms with van der Waals surface area (Å²) < 4.78 is 0.718. The van der Waals surface area contributed by atoms with Gasteiger partial charge in [0.2, 0.25) is 0 Å². The number of hydrogen-bond acceptors (Lipinski definition) is 2. The summed E-state index contributed by atoms with van der Waals surface area (Å²) in [5, 5.41) is 3.73. The van der Waals surface area contributed by atoms with Gasteiger partial charge in [0, 0.05) is 22.0 Å². The van der Waals surface area contributed by atoms with E-state index in [9.17, 15) is 4.79 Å². The molecule has 1 unspecified atom stereocenters. The van der Waals surface area contributed by atoms with Gasteiger partial charge in [-0.1, -0.05) is 29.8 Å². The van der Waals surface area contributed by atoms with Crippen LogP contribution in [0.25, 0.3) is 0 Å². The number of halogens is 2. The summed E-state index contributed by atoms with van der Waals surface area (Å²) in [7, 11) is 0. The summed E-state index contributed by atoms with van der Waals surface area (Å²) in [6.45, 7) is 4.27. The number of alkyl halides is 1. The van der Waals surface area contributed by atoms with Crippen LogP contribution in [-0.2, 0) is 0 Å². The third-order valence-corrected chi connectivity index (χ3v) is 3.67. The number of aromatic nitrogens is 1. The van der Waals surface area contributed by atoms with Crippen LogP contribution in [0.3, 0.4) is 0 Å². The van der Waals surface area contributed by atoms with Crippen LogP contribution in [0.4, 0.5) is 0 Å². The molecule has 0 radical (unpaired) electrons. The molecule has 1 aromatic heterocycles. The highest BCUT2D eigenvalue weighted by Gasteiger charge is 2.16. The standard InChI is InChI=1S/C12H16Br2N2O/c1-8(2)6-9(7-13)16-12(17)11-10(14)4-3-5-15-11/h3-5,8-9H,6-7H2,1-2H3,(H,16,17). The second-order valence-corrected chi connectivity index (χ2v) is 5.79. The smallest absolute Gasteiger partial charge is 0.271 e. The number of nitrogens with zero attached hydrogens (tertiary/aromatic N) is 1. The van der Waals surface area contributed by atoms with Gasteiger partial charge < -0.3 is 5.32 Å². The SMILES string of the molecule is CC(C)CC(CBr)NC(=O)c1ncccc1Br. The molecule has 1 atom stereocenters. The van der Waals surface area contributed by atoms with E-state index in [0.717, 1.165) is 16.2 Å². The molecule has 0 saturated carbocycles. The Morgan fingerprint density at radius 2 is 2.24 bits per heavy atom. The lowest BCUT2D eigenvalue weighted by Crippen LogP contribution is -2.37. The monoisotopic (exact) mass is 362 g/mol. The maximum Gasteiger partial charge on any atom is 0.271 e. The second kappa shape index (κ2) is 7.11. The molecule has 1 amide bonds. The second-order valence-electron chi connectivity index (χ2n) is 4.29. The van der Waals surface area contributed by atoms with Crippen molar-refractivity contribution in [2.75, 3.05) is 5.33 Å². The van der Waals surface area contributed by atoms with Crippen LogP contribution in [-0.4, -0.2) is 22.3 Å². The first-order valence-corrected chi connectivity index (χ1v) is 7.43. The van der Waals surface area contributed by atoms with Gasteiger partial charge in [-0.25, -0.2) is 4.98 Å². The number of nitrogens with one attached hydrogen (secondary N) is 1. The van der Waals surface area contributed by atoms with Crippen molar-refractivity contribution in [1.82, 2.24) is 10.3 Å². The van der Waals surface area contributed by atoms with Crippen molar-refractivity contribution in [3.63, 3.8) is 0 Å². The van der Waals surface area contributed by atoms with Gasteiger partial charge in [0.25, 0.3) is 5.91 Å². The van der Waals surface area contributed by atoms with Crippen molar-refractivity contribution in [2.45, 2.75) is 26.3 Å². The summed E-state index contributed by atoms with van der Waals surface area (Å²) in [6, 6.07) is 3.74. The van der Waals surface area contributed by atoms with Gasteiger partial charge in [-0.2, -0.15) is 0 Å². The average molecular weight is 364 g/mol. The molecule has 0 fully saturated rings. The Balaban J connectivity index is 2.68. The molecule has 1 N–H and O–H groups in total. The van der Waals surface area contributed by atoms with Crippen molar-refractivity contribution in [2.24, 2.45) is 5.92 Å². The van der Waals surface area contributed by atoms with Crippen LogP contribution in [0.1, 0.15) is 30.8 Å². The van der Waals surface area contributed by atoms with Gasteiger partial charge in [-0.3, -0.25) is 4.79 Å². The van der Waals surface area contributed by atoms with E-state index in [0.29, 0.717) is 11.6 Å². The fourth-order valence-electron chi connectivity index (χ4n) is 1.54. The minimum absolute atomic E-state index is 0.136. The number of carbonyl (C=O) groups excluding carboxylic acids is 1. The number of amides is 1. The zero-order valence-corrected chi connectivity index (χ0v) is 13.1. The predicted molar refractivity (Wildman–Crippen MR) is 76.4 cm³/mol. The highest BCUT2D eigenvalue weighted by molar-refractivity contribution is 9.10. The summed E-state index contributed by atoms with van der Waals surface area (Å²) in [6.07, 6.45) is 2.56. The van der Waals surface area contributed by atoms with E-state index in [1.807, 2.05) is 6.07 Å². The molecule has 1 heterocycles. The molecular weight excluding hydrogens is 348 g/mol. The highest BCUT2D eigenvalue weighted by Crippen LogP contribution is 2.14. The third-order valence-electron chi connectivity index (χ3n) is 2.25. The van der Waals surface area contributed by atoms with Gasteiger partial charge >= 0.3 is 0 Å². The van der Waals surface area contributed by atoms with Gasteiger partial charge in [0.15, 0.2) is 0 Å². The summed E-state index contributed by atoms with van der Waals surface area (Å²) in [5.74, 6) is 0.410. The number of rotatable bonds is 5. The molecule has 0 aromatic carbocycles. The topological polar surface area (TPSA) is 42.0 Å². The number of hydrogen-bond donors (Lipinski definition) is 1. The van der Waals surface area contributed by atoms with Crippen LogP contribution in [0.2, 0.25) is 0 Å². The molecule has 0 saturated heterocycles. The highest BCUT2D eigenvalue weighted by atomic mass is 79.9. The lowest BCUT2D eigenvalue weighted by molar-refractivity contribution is 0.0931. The lowest BCUT2D eigenvalue weighted by Gasteiger charge is -2.18. The molecule has 0 spiro atoms. The molecular formula is C12H16Br2N2O. The van der Waals surface area contributed by atoms with E-state index in [1.165, 1.54) is 0 Å². The Morgan fingerprint density at radius 3 is 2.76 bits per heavy atom. The largest absolute Gasteiger partial charge is 0.347 e. The van der Waals surface area contributed by atoms with E-state index in [4.69, 9.17) is 0 Å². The van der Waals surface area contributed by atoms with E-state index in [2.05, 4.69) is 56.0 Å². The molecule has 1 rings (SSSR count). The van der Waals surface area contributed by atoms with Crippen molar-refractivity contribution < 1.29 is 4.79 Å². The maximum absolute atomic E-state index is 12.0. The quantitative estimate of drug-likeness (QED) is 0.814. The van der Waals surface area contributed by atoms with Crippen molar-refractivity contribution >= 4 is 37.8 Å². The Bertz CT molecular complexity index is 383. The van der Waals surface area contributed by atoms with E-state index in [-0.39, 0.29) is 11.9 Å². The Kier molecular flexibility index (Phi) is 6.12. The van der Waals surface area contributed by atoms with Crippen LogP contribution in [0.5, 0.6) is 0 Å². The van der Waals surface area contributed by atoms with Gasteiger partial charge in [-0.15, -0.1) is 0 Å². The normalized spacial score (nSPS) is 12.5. The number of carbonyl (C=O) groups is 1. The van der Waals surface area contributed by atoms with Crippen molar-refractivity contribution in [3.05, 3.63) is 28.5 Å². The molecule has 1 aromatic rings. The first-order chi connectivity index (χ1) is 8.04. The zero-order valence-electron chi connectivity index (χ0n) is 9.91. The fraction of sp³-hybridized carbons (Fsp3) is 0.500. The summed E-state index contributed by atoms with van der Waals surface area (Å²) >= 11 is 6.74. The van der Waals surface area contributed by atoms with Gasteiger partial charge in [0.1, 0.15) is 5.69 Å². The molecule has 94 valence electrons. The molecule has 17 heavy (non-hydrogen) atoms. The van der Waals surface area contributed by atoms with E-state index >= 15 is 0 Å². The fourth-order valence-corrected chi connectivity index (χ4v) is 2.40. The molecule has 0 aliphatic carbocycles. The molecule has 0 aliphatic rings. The Labute approximate surface area is 119 Å². The molecule has 0 aliphatic heterocycles. The Hall–Kier alpha value is -0.420. The minimum Gasteiger partial charge on any atom is -0.347 e. The zero-order chi connectivity index (χ0) is 12.8. The van der Waals surface area contributed by atoms with Crippen LogP contribution in [0, 0.1) is 5.92 Å². The van der Waals surface area contributed by atoms with E-state index < -0.39 is 0 Å². The number of pyridine rings is 1. The molecule has 0 bridgehead atoms. The first kappa shape index (κ1) is 14.6. The van der Waals surface area contributed by atoms with Crippen LogP contribution >= 0.6 is 31.9 Å². The van der Waals surface area contributed by atoms with Gasteiger partial charge in [-0.05, 0) is 40.4 Å². The third kappa shape index (κ3) is 4.76. The van der Waals surface area contributed by atoms with E-state index in [1.54, 1.807) is 12.3 Å². The Morgan fingerprint density at radius 1 is 1.53 bits per heavy atom. The predicted octanol–water partition coefficient (Wildman–Crippen LogP) is 3.38.